The van der Waals surface area contributed by atoms with E-state index in [1.807, 2.05) is 6.07 Å². The molecule has 0 fully saturated rings. The topological polar surface area (TPSA) is 64.9 Å². The van der Waals surface area contributed by atoms with Crippen LogP contribution in [0.1, 0.15) is 5.56 Å². The second-order valence-corrected chi connectivity index (χ2v) is 5.01. The summed E-state index contributed by atoms with van der Waals surface area (Å²) in [6.45, 7) is 0.0141. The molecule has 0 saturated carbocycles. The molecule has 0 atom stereocenters. The number of anilines is 2. The van der Waals surface area contributed by atoms with Crippen LogP contribution in [-0.2, 0) is 4.79 Å². The van der Waals surface area contributed by atoms with Crippen molar-refractivity contribution in [3.63, 3.8) is 0 Å². The van der Waals surface area contributed by atoms with Gasteiger partial charge in [-0.1, -0.05) is 35.3 Å². The normalized spacial score (nSPS) is 9.76. The summed E-state index contributed by atoms with van der Waals surface area (Å²) < 4.78 is 0. The van der Waals surface area contributed by atoms with Crippen LogP contribution in [0.3, 0.4) is 0 Å². The lowest BCUT2D eigenvalue weighted by Crippen LogP contribution is -2.22. The number of benzene rings is 2. The number of nitrogens with one attached hydrogen (secondary N) is 2. The van der Waals surface area contributed by atoms with Crippen molar-refractivity contribution in [1.82, 2.24) is 0 Å². The highest BCUT2D eigenvalue weighted by atomic mass is 35.5. The molecule has 0 radical (unpaired) electrons. The molecule has 0 unspecified atom stereocenters. The van der Waals surface area contributed by atoms with Gasteiger partial charge < -0.3 is 10.6 Å². The van der Waals surface area contributed by atoms with Gasteiger partial charge in [0.2, 0.25) is 5.91 Å². The minimum absolute atomic E-state index is 0.0141. The average Bonchev–Trinajstić information content (AvgIpc) is 2.47. The van der Waals surface area contributed by atoms with Crippen molar-refractivity contribution in [1.29, 1.82) is 5.26 Å². The highest BCUT2D eigenvalue weighted by Gasteiger charge is 2.08. The first kappa shape index (κ1) is 15.2. The largest absolute Gasteiger partial charge is 0.374 e. The third-order valence-corrected chi connectivity index (χ3v) is 3.29. The lowest BCUT2D eigenvalue weighted by atomic mass is 10.2. The van der Waals surface area contributed by atoms with Crippen molar-refractivity contribution in [2.24, 2.45) is 0 Å². The van der Waals surface area contributed by atoms with Gasteiger partial charge in [-0.05, 0) is 30.3 Å². The van der Waals surface area contributed by atoms with E-state index in [2.05, 4.69) is 10.6 Å². The fraction of sp³-hybridized carbons (Fsp3) is 0.0667. The summed E-state index contributed by atoms with van der Waals surface area (Å²) in [4.78, 5) is 11.9. The zero-order valence-electron chi connectivity index (χ0n) is 10.9. The Morgan fingerprint density at radius 2 is 1.81 bits per heavy atom. The minimum atomic E-state index is -0.263. The van der Waals surface area contributed by atoms with Gasteiger partial charge in [0.05, 0.1) is 33.9 Å². The Kier molecular flexibility index (Phi) is 5.04. The van der Waals surface area contributed by atoms with Crippen LogP contribution >= 0.6 is 23.2 Å². The SMILES string of the molecule is N#Cc1cccc(NC(=O)CNc2c(Cl)cccc2Cl)c1. The number of hydrogen-bond acceptors (Lipinski definition) is 3. The maximum Gasteiger partial charge on any atom is 0.243 e. The monoisotopic (exact) mass is 319 g/mol. The molecule has 0 aliphatic rings. The smallest absolute Gasteiger partial charge is 0.243 e. The summed E-state index contributed by atoms with van der Waals surface area (Å²) >= 11 is 12.0. The third-order valence-electron chi connectivity index (χ3n) is 2.66. The molecule has 0 aliphatic carbocycles. The first-order valence-electron chi connectivity index (χ1n) is 6.08. The highest BCUT2D eigenvalue weighted by molar-refractivity contribution is 6.39. The second kappa shape index (κ2) is 6.98. The van der Waals surface area contributed by atoms with Crippen LogP contribution in [0.2, 0.25) is 10.0 Å². The molecule has 106 valence electrons. The molecule has 21 heavy (non-hydrogen) atoms. The van der Waals surface area contributed by atoms with E-state index in [-0.39, 0.29) is 12.5 Å². The molecule has 2 N–H and O–H groups in total. The van der Waals surface area contributed by atoms with Crippen molar-refractivity contribution < 1.29 is 4.79 Å². The van der Waals surface area contributed by atoms with E-state index in [1.54, 1.807) is 42.5 Å². The number of carbonyl (C=O) groups is 1. The number of rotatable bonds is 4. The molecular formula is C15H11Cl2N3O. The maximum absolute atomic E-state index is 11.9. The van der Waals surface area contributed by atoms with Gasteiger partial charge in [0.15, 0.2) is 0 Å². The number of hydrogen-bond donors (Lipinski definition) is 2. The first-order chi connectivity index (χ1) is 10.1. The maximum atomic E-state index is 11.9. The van der Waals surface area contributed by atoms with Crippen LogP contribution in [0.5, 0.6) is 0 Å². The van der Waals surface area contributed by atoms with Gasteiger partial charge in [0, 0.05) is 5.69 Å². The van der Waals surface area contributed by atoms with Gasteiger partial charge in [0.1, 0.15) is 0 Å². The molecule has 2 aromatic carbocycles. The number of nitriles is 1. The Balaban J connectivity index is 1.98. The molecule has 6 heteroatoms. The molecule has 0 aromatic heterocycles. The molecule has 0 spiro atoms. The van der Waals surface area contributed by atoms with E-state index in [0.717, 1.165) is 0 Å². The lowest BCUT2D eigenvalue weighted by molar-refractivity contribution is -0.114. The first-order valence-corrected chi connectivity index (χ1v) is 6.83. The van der Waals surface area contributed by atoms with Gasteiger partial charge in [-0.15, -0.1) is 0 Å². The Labute approximate surface area is 132 Å². The third kappa shape index (κ3) is 4.12. The van der Waals surface area contributed by atoms with Crippen LogP contribution in [0, 0.1) is 11.3 Å². The number of amides is 1. The molecule has 0 heterocycles. The average molecular weight is 320 g/mol. The molecule has 4 nitrogen and oxygen atoms in total. The fourth-order valence-electron chi connectivity index (χ4n) is 1.71. The van der Waals surface area contributed by atoms with E-state index in [9.17, 15) is 4.79 Å². The zero-order chi connectivity index (χ0) is 15.2. The summed E-state index contributed by atoms with van der Waals surface area (Å²) in [6, 6.07) is 13.8. The Morgan fingerprint density at radius 3 is 2.48 bits per heavy atom. The van der Waals surface area contributed by atoms with Crippen molar-refractivity contribution in [3.8, 4) is 6.07 Å². The number of halogens is 2. The standard InChI is InChI=1S/C15H11Cl2N3O/c16-12-5-2-6-13(17)15(12)19-9-14(21)20-11-4-1-3-10(7-11)8-18/h1-7,19H,9H2,(H,20,21). The zero-order valence-corrected chi connectivity index (χ0v) is 12.4. The molecule has 2 aromatic rings. The van der Waals surface area contributed by atoms with Gasteiger partial charge in [-0.2, -0.15) is 5.26 Å². The van der Waals surface area contributed by atoms with Crippen LogP contribution in [0.25, 0.3) is 0 Å². The van der Waals surface area contributed by atoms with Crippen molar-refractivity contribution in [2.75, 3.05) is 17.2 Å². The lowest BCUT2D eigenvalue weighted by Gasteiger charge is -2.10. The molecule has 1 amide bonds. The molecule has 0 saturated heterocycles. The van der Waals surface area contributed by atoms with Crippen molar-refractivity contribution in [2.45, 2.75) is 0 Å². The van der Waals surface area contributed by atoms with E-state index < -0.39 is 0 Å². The molecular weight excluding hydrogens is 309 g/mol. The summed E-state index contributed by atoms with van der Waals surface area (Å²) in [5, 5.41) is 15.3. The Bertz CT molecular complexity index is 690. The van der Waals surface area contributed by atoms with Crippen molar-refractivity contribution in [3.05, 3.63) is 58.1 Å². The number of nitrogens with zero attached hydrogens (tertiary/aromatic N) is 1. The summed E-state index contributed by atoms with van der Waals surface area (Å²) in [6.07, 6.45) is 0. The molecule has 2 rings (SSSR count). The van der Waals surface area contributed by atoms with Crippen LogP contribution in [-0.4, -0.2) is 12.5 Å². The molecule has 0 bridgehead atoms. The predicted molar refractivity (Wildman–Crippen MR) is 84.7 cm³/mol. The number of para-hydroxylation sites is 1. The van der Waals surface area contributed by atoms with E-state index in [1.165, 1.54) is 0 Å². The Hall–Kier alpha value is -2.22. The number of carbonyl (C=O) groups excluding carboxylic acids is 1. The van der Waals surface area contributed by atoms with Gasteiger partial charge >= 0.3 is 0 Å². The highest BCUT2D eigenvalue weighted by Crippen LogP contribution is 2.29. The Morgan fingerprint density at radius 1 is 1.14 bits per heavy atom. The van der Waals surface area contributed by atoms with E-state index >= 15 is 0 Å². The van der Waals surface area contributed by atoms with E-state index in [4.69, 9.17) is 28.5 Å². The van der Waals surface area contributed by atoms with Crippen molar-refractivity contribution >= 4 is 40.5 Å². The van der Waals surface area contributed by atoms with Gasteiger partial charge in [-0.3, -0.25) is 4.79 Å². The van der Waals surface area contributed by atoms with E-state index in [0.29, 0.717) is 27.0 Å². The van der Waals surface area contributed by atoms with Crippen LogP contribution < -0.4 is 10.6 Å². The van der Waals surface area contributed by atoms with Crippen LogP contribution in [0.15, 0.2) is 42.5 Å². The summed E-state index contributed by atoms with van der Waals surface area (Å²) in [7, 11) is 0. The summed E-state index contributed by atoms with van der Waals surface area (Å²) in [5.74, 6) is -0.263. The van der Waals surface area contributed by atoms with Crippen LogP contribution in [0.4, 0.5) is 11.4 Å². The second-order valence-electron chi connectivity index (χ2n) is 4.19. The summed E-state index contributed by atoms with van der Waals surface area (Å²) in [5.41, 5.74) is 1.56. The minimum Gasteiger partial charge on any atom is -0.374 e. The molecule has 0 aliphatic heterocycles. The fourth-order valence-corrected chi connectivity index (χ4v) is 2.24. The quantitative estimate of drug-likeness (QED) is 0.897. The van der Waals surface area contributed by atoms with Gasteiger partial charge in [-0.25, -0.2) is 0 Å². The predicted octanol–water partition coefficient (Wildman–Crippen LogP) is 3.92. The van der Waals surface area contributed by atoms with Gasteiger partial charge in [0.25, 0.3) is 0 Å².